The minimum absolute atomic E-state index is 0.216. The van der Waals surface area contributed by atoms with Gasteiger partial charge < -0.3 is 40.3 Å². The Morgan fingerprint density at radius 1 is 0.729 bits per heavy atom. The number of allylic oxidation sites excluding steroid dienone is 9. The number of aliphatic hydroxyl groups is 5. The van der Waals surface area contributed by atoms with E-state index in [1.807, 2.05) is 6.08 Å². The van der Waals surface area contributed by atoms with Crippen LogP contribution in [0.3, 0.4) is 0 Å². The van der Waals surface area contributed by atoms with Crippen molar-refractivity contribution in [2.24, 2.45) is 0 Å². The Labute approximate surface area is 290 Å². The van der Waals surface area contributed by atoms with Gasteiger partial charge in [-0.25, -0.2) is 0 Å². The lowest BCUT2D eigenvalue weighted by Gasteiger charge is -2.40. The first-order valence-electron chi connectivity index (χ1n) is 18.5. The average Bonchev–Trinajstić information content (AvgIpc) is 3.08. The molecule has 6 N–H and O–H groups in total. The summed E-state index contributed by atoms with van der Waals surface area (Å²) in [5.74, 6) is -0.222. The van der Waals surface area contributed by atoms with Crippen LogP contribution >= 0.6 is 0 Å². The van der Waals surface area contributed by atoms with Crippen LogP contribution in [0.15, 0.2) is 60.8 Å². The number of nitrogens with one attached hydrogen (secondary N) is 1. The average molecular weight is 678 g/mol. The molecule has 0 saturated carbocycles. The fourth-order valence-corrected chi connectivity index (χ4v) is 5.30. The highest BCUT2D eigenvalue weighted by Crippen LogP contribution is 2.22. The number of carbonyl (C=O) groups is 1. The van der Waals surface area contributed by atoms with Crippen molar-refractivity contribution in [2.45, 2.75) is 166 Å². The molecule has 7 atom stereocenters. The van der Waals surface area contributed by atoms with Crippen LogP contribution in [0, 0.1) is 0 Å². The van der Waals surface area contributed by atoms with Gasteiger partial charge in [0.15, 0.2) is 6.29 Å². The standard InChI is InChI=1S/C39H67NO8/c1-3-5-7-9-11-13-15-17-19-21-23-25-27-29-35(43)40-32(31-47-39-38(46)37(45)36(44)34(30-41)48-39)33(42)28-26-24-22-20-18-16-14-12-10-8-6-4-2/h5,7,11,13,17-20,26,28,32-34,36-39,41-42,44-46H,3-4,6,8-10,12,14-16,21-25,27,29-31H2,1-2H3,(H,40,43)/b7-5-,13-11-,19-17-,20-18+,28-26+. The highest BCUT2D eigenvalue weighted by molar-refractivity contribution is 5.76. The molecule has 0 aromatic carbocycles. The molecule has 1 aliphatic rings. The first-order chi connectivity index (χ1) is 23.3. The van der Waals surface area contributed by atoms with Gasteiger partial charge in [-0.1, -0.05) is 113 Å². The van der Waals surface area contributed by atoms with E-state index in [0.29, 0.717) is 12.8 Å². The topological polar surface area (TPSA) is 149 Å². The van der Waals surface area contributed by atoms with Gasteiger partial charge >= 0.3 is 0 Å². The summed E-state index contributed by atoms with van der Waals surface area (Å²) in [5.41, 5.74) is 0. The molecule has 1 saturated heterocycles. The Morgan fingerprint density at radius 2 is 1.31 bits per heavy atom. The normalized spacial score (nSPS) is 23.4. The maximum absolute atomic E-state index is 12.8. The molecule has 9 heteroatoms. The van der Waals surface area contributed by atoms with Crippen LogP contribution in [0.5, 0.6) is 0 Å². The van der Waals surface area contributed by atoms with E-state index in [1.54, 1.807) is 6.08 Å². The van der Waals surface area contributed by atoms with E-state index in [2.05, 4.69) is 67.8 Å². The Hall–Kier alpha value is -2.11. The van der Waals surface area contributed by atoms with Crippen molar-refractivity contribution in [3.63, 3.8) is 0 Å². The van der Waals surface area contributed by atoms with E-state index in [4.69, 9.17) is 9.47 Å². The Kier molecular flexibility index (Phi) is 27.2. The fraction of sp³-hybridized carbons (Fsp3) is 0.718. The quantitative estimate of drug-likeness (QED) is 0.0430. The number of hydrogen-bond acceptors (Lipinski definition) is 8. The molecule has 276 valence electrons. The molecule has 1 heterocycles. The van der Waals surface area contributed by atoms with Crippen LogP contribution in [-0.4, -0.2) is 87.5 Å². The predicted molar refractivity (Wildman–Crippen MR) is 193 cm³/mol. The van der Waals surface area contributed by atoms with Crippen LogP contribution in [0.25, 0.3) is 0 Å². The Bertz CT molecular complexity index is 931. The van der Waals surface area contributed by atoms with Gasteiger partial charge in [-0.05, 0) is 64.2 Å². The number of carbonyl (C=O) groups excluding carboxylic acids is 1. The zero-order chi connectivity index (χ0) is 35.2. The maximum atomic E-state index is 12.8. The van der Waals surface area contributed by atoms with Gasteiger partial charge in [0.05, 0.1) is 25.4 Å². The minimum atomic E-state index is -1.58. The molecule has 1 aliphatic heterocycles. The van der Waals surface area contributed by atoms with Crippen LogP contribution in [0.2, 0.25) is 0 Å². The number of unbranched alkanes of at least 4 members (excludes halogenated alkanes) is 10. The summed E-state index contributed by atoms with van der Waals surface area (Å²) in [5, 5.41) is 53.8. The molecule has 1 rings (SSSR count). The first kappa shape index (κ1) is 43.9. The number of hydrogen-bond donors (Lipinski definition) is 6. The molecule has 0 radical (unpaired) electrons. The third-order valence-corrected chi connectivity index (χ3v) is 8.33. The minimum Gasteiger partial charge on any atom is -0.394 e. The van der Waals surface area contributed by atoms with Crippen molar-refractivity contribution >= 4 is 5.91 Å². The van der Waals surface area contributed by atoms with E-state index >= 15 is 0 Å². The highest BCUT2D eigenvalue weighted by Gasteiger charge is 2.44. The Balaban J connectivity index is 2.54. The van der Waals surface area contributed by atoms with Crippen molar-refractivity contribution in [3.8, 4) is 0 Å². The summed E-state index contributed by atoms with van der Waals surface area (Å²) < 4.78 is 11.1. The van der Waals surface area contributed by atoms with E-state index in [-0.39, 0.29) is 12.5 Å². The van der Waals surface area contributed by atoms with Gasteiger partial charge in [-0.3, -0.25) is 4.79 Å². The van der Waals surface area contributed by atoms with Gasteiger partial charge in [-0.2, -0.15) is 0 Å². The van der Waals surface area contributed by atoms with Crippen molar-refractivity contribution in [3.05, 3.63) is 60.8 Å². The lowest BCUT2D eigenvalue weighted by Crippen LogP contribution is -2.60. The second-order valence-corrected chi connectivity index (χ2v) is 12.6. The molecule has 0 aromatic heterocycles. The SMILES string of the molecule is CC/C=C\C/C=C\C/C=C\CCCCCC(=O)NC(COC1OC(CO)C(O)C(O)C1O)C(O)/C=C/CC/C=C/CCCCCCCC. The fourth-order valence-electron chi connectivity index (χ4n) is 5.30. The van der Waals surface area contributed by atoms with Gasteiger partial charge in [0.25, 0.3) is 0 Å². The van der Waals surface area contributed by atoms with Crippen LogP contribution in [0.4, 0.5) is 0 Å². The molecule has 9 nitrogen and oxygen atoms in total. The number of aliphatic hydroxyl groups excluding tert-OH is 5. The molecule has 48 heavy (non-hydrogen) atoms. The molecule has 7 unspecified atom stereocenters. The second-order valence-electron chi connectivity index (χ2n) is 12.6. The number of ether oxygens (including phenoxy) is 2. The highest BCUT2D eigenvalue weighted by atomic mass is 16.7. The van der Waals surface area contributed by atoms with Crippen molar-refractivity contribution in [1.82, 2.24) is 5.32 Å². The predicted octanol–water partition coefficient (Wildman–Crippen LogP) is 6.10. The summed E-state index contributed by atoms with van der Waals surface area (Å²) in [4.78, 5) is 12.8. The molecule has 0 aromatic rings. The molecule has 0 aliphatic carbocycles. The largest absolute Gasteiger partial charge is 0.394 e. The van der Waals surface area contributed by atoms with Crippen LogP contribution in [0.1, 0.15) is 123 Å². The van der Waals surface area contributed by atoms with Crippen molar-refractivity contribution in [2.75, 3.05) is 13.2 Å². The van der Waals surface area contributed by atoms with Gasteiger partial charge in [-0.15, -0.1) is 0 Å². The smallest absolute Gasteiger partial charge is 0.220 e. The van der Waals surface area contributed by atoms with Crippen LogP contribution < -0.4 is 5.32 Å². The van der Waals surface area contributed by atoms with Crippen LogP contribution in [-0.2, 0) is 14.3 Å². The van der Waals surface area contributed by atoms with E-state index in [9.17, 15) is 30.3 Å². The zero-order valence-electron chi connectivity index (χ0n) is 29.7. The maximum Gasteiger partial charge on any atom is 0.220 e. The first-order valence-corrected chi connectivity index (χ1v) is 18.5. The molecular weight excluding hydrogens is 610 g/mol. The number of amides is 1. The van der Waals surface area contributed by atoms with Gasteiger partial charge in [0.2, 0.25) is 5.91 Å². The van der Waals surface area contributed by atoms with Gasteiger partial charge in [0.1, 0.15) is 24.4 Å². The lowest BCUT2D eigenvalue weighted by molar-refractivity contribution is -0.302. The van der Waals surface area contributed by atoms with E-state index < -0.39 is 49.5 Å². The molecule has 1 amide bonds. The molecule has 0 spiro atoms. The Morgan fingerprint density at radius 3 is 2.00 bits per heavy atom. The van der Waals surface area contributed by atoms with E-state index in [1.165, 1.54) is 38.5 Å². The molecular formula is C39H67NO8. The van der Waals surface area contributed by atoms with Crippen molar-refractivity contribution in [1.29, 1.82) is 0 Å². The van der Waals surface area contributed by atoms with Gasteiger partial charge in [0, 0.05) is 6.42 Å². The summed E-state index contributed by atoms with van der Waals surface area (Å²) in [6, 6.07) is -0.835. The number of rotatable bonds is 28. The third-order valence-electron chi connectivity index (χ3n) is 8.33. The summed E-state index contributed by atoms with van der Waals surface area (Å²) in [7, 11) is 0. The van der Waals surface area contributed by atoms with Crippen molar-refractivity contribution < 1.29 is 39.8 Å². The monoisotopic (exact) mass is 677 g/mol. The van der Waals surface area contributed by atoms with E-state index in [0.717, 1.165) is 57.8 Å². The zero-order valence-corrected chi connectivity index (χ0v) is 29.7. The lowest BCUT2D eigenvalue weighted by atomic mass is 9.99. The second kappa shape index (κ2) is 29.8. The third kappa shape index (κ3) is 21.1. The summed E-state index contributed by atoms with van der Waals surface area (Å²) in [6.45, 7) is 3.56. The summed E-state index contributed by atoms with van der Waals surface area (Å²) >= 11 is 0. The molecule has 0 bridgehead atoms. The molecule has 1 fully saturated rings. The summed E-state index contributed by atoms with van der Waals surface area (Å²) in [6.07, 6.45) is 29.8.